The van der Waals surface area contributed by atoms with E-state index in [0.29, 0.717) is 13.2 Å². The molecule has 6 nitrogen and oxygen atoms in total. The van der Waals surface area contributed by atoms with E-state index in [1.165, 1.54) is 24.7 Å². The third-order valence-corrected chi connectivity index (χ3v) is 2.60. The summed E-state index contributed by atoms with van der Waals surface area (Å²) in [5.41, 5.74) is -1.30. The van der Waals surface area contributed by atoms with Gasteiger partial charge in [0.15, 0.2) is 5.78 Å². The van der Waals surface area contributed by atoms with Crippen molar-refractivity contribution in [1.82, 2.24) is 9.13 Å². The largest absolute Gasteiger partial charge is 0.374 e. The number of carbonyl (C=O) groups is 1. The predicted molar refractivity (Wildman–Crippen MR) is 71.7 cm³/mol. The minimum Gasteiger partial charge on any atom is -0.374 e. The number of ether oxygens (including phenoxy) is 1. The van der Waals surface area contributed by atoms with Crippen molar-refractivity contribution >= 4 is 5.78 Å². The molecule has 0 N–H and O–H groups in total. The highest BCUT2D eigenvalue weighted by atomic mass is 16.5. The summed E-state index contributed by atoms with van der Waals surface area (Å²) in [6, 6.07) is 0. The van der Waals surface area contributed by atoms with E-state index in [9.17, 15) is 14.4 Å². The summed E-state index contributed by atoms with van der Waals surface area (Å²) in [5, 5.41) is 0. The van der Waals surface area contributed by atoms with Gasteiger partial charge in [-0.3, -0.25) is 18.7 Å². The molecule has 0 saturated carbocycles. The van der Waals surface area contributed by atoms with Crippen LogP contribution in [0.25, 0.3) is 0 Å². The van der Waals surface area contributed by atoms with Gasteiger partial charge in [0.1, 0.15) is 0 Å². The van der Waals surface area contributed by atoms with Crippen LogP contribution in [0.15, 0.2) is 15.8 Å². The molecule has 1 aromatic heterocycles. The van der Waals surface area contributed by atoms with Gasteiger partial charge in [0.25, 0.3) is 5.56 Å². The molecular formula is C13H20N2O4. The minimum absolute atomic E-state index is 0.0119. The molecule has 1 aromatic rings. The van der Waals surface area contributed by atoms with Crippen molar-refractivity contribution < 1.29 is 9.53 Å². The van der Waals surface area contributed by atoms with Crippen LogP contribution < -0.4 is 11.2 Å². The number of rotatable bonds is 4. The third-order valence-electron chi connectivity index (χ3n) is 2.60. The zero-order chi connectivity index (χ0) is 14.8. The van der Waals surface area contributed by atoms with Crippen molar-refractivity contribution in [3.8, 4) is 0 Å². The Morgan fingerprint density at radius 1 is 1.32 bits per heavy atom. The van der Waals surface area contributed by atoms with Crippen molar-refractivity contribution in [3.63, 3.8) is 0 Å². The van der Waals surface area contributed by atoms with E-state index in [0.717, 1.165) is 4.57 Å². The number of carbonyl (C=O) groups excluding carboxylic acids is 1. The van der Waals surface area contributed by atoms with E-state index in [1.807, 2.05) is 20.8 Å². The zero-order valence-corrected chi connectivity index (χ0v) is 12.0. The van der Waals surface area contributed by atoms with E-state index in [-0.39, 0.29) is 16.9 Å². The van der Waals surface area contributed by atoms with Gasteiger partial charge < -0.3 is 4.74 Å². The first-order valence-corrected chi connectivity index (χ1v) is 6.09. The van der Waals surface area contributed by atoms with Crippen LogP contribution in [0, 0.1) is 0 Å². The van der Waals surface area contributed by atoms with Crippen molar-refractivity contribution in [2.24, 2.45) is 7.05 Å². The second kappa shape index (κ2) is 5.52. The highest BCUT2D eigenvalue weighted by Crippen LogP contribution is 2.06. The number of nitrogens with zero attached hydrogens (tertiary/aromatic N) is 2. The monoisotopic (exact) mass is 268 g/mol. The molecule has 0 aliphatic rings. The summed E-state index contributed by atoms with van der Waals surface area (Å²) in [6.45, 7) is 7.67. The lowest BCUT2D eigenvalue weighted by atomic mass is 10.2. The van der Waals surface area contributed by atoms with Gasteiger partial charge in [-0.25, -0.2) is 4.79 Å². The fourth-order valence-electron chi connectivity index (χ4n) is 1.58. The molecule has 0 aliphatic heterocycles. The molecular weight excluding hydrogens is 248 g/mol. The van der Waals surface area contributed by atoms with Gasteiger partial charge in [-0.05, 0) is 27.7 Å². The lowest BCUT2D eigenvalue weighted by Gasteiger charge is -2.20. The molecule has 0 bridgehead atoms. The van der Waals surface area contributed by atoms with Crippen molar-refractivity contribution in [2.45, 2.75) is 39.8 Å². The highest BCUT2D eigenvalue weighted by Gasteiger charge is 2.13. The average Bonchev–Trinajstić information content (AvgIpc) is 2.27. The second-order valence-corrected chi connectivity index (χ2v) is 5.40. The van der Waals surface area contributed by atoms with Crippen molar-refractivity contribution in [3.05, 3.63) is 32.6 Å². The average molecular weight is 268 g/mol. The Hall–Kier alpha value is -1.69. The van der Waals surface area contributed by atoms with Crippen molar-refractivity contribution in [1.29, 1.82) is 0 Å². The highest BCUT2D eigenvalue weighted by molar-refractivity contribution is 5.93. The standard InChI is InChI=1S/C13H20N2O4/c1-9(16)10-8-15(6-7-19-13(2,3)4)12(18)14(5)11(10)17/h8H,6-7H2,1-5H3. The lowest BCUT2D eigenvalue weighted by Crippen LogP contribution is -2.41. The first kappa shape index (κ1) is 15.4. The van der Waals surface area contributed by atoms with Crippen LogP contribution in [-0.2, 0) is 18.3 Å². The fraction of sp³-hybridized carbons (Fsp3) is 0.615. The smallest absolute Gasteiger partial charge is 0.330 e. The second-order valence-electron chi connectivity index (χ2n) is 5.40. The van der Waals surface area contributed by atoms with E-state index < -0.39 is 11.2 Å². The van der Waals surface area contributed by atoms with Gasteiger partial charge in [-0.15, -0.1) is 0 Å². The number of Topliss-reactive ketones (excluding diaryl/α,β-unsaturated/α-hetero) is 1. The van der Waals surface area contributed by atoms with Crippen LogP contribution in [0.5, 0.6) is 0 Å². The van der Waals surface area contributed by atoms with Gasteiger partial charge >= 0.3 is 5.69 Å². The molecule has 0 aromatic carbocycles. The minimum atomic E-state index is -0.564. The van der Waals surface area contributed by atoms with Crippen LogP contribution in [0.1, 0.15) is 38.1 Å². The van der Waals surface area contributed by atoms with E-state index in [4.69, 9.17) is 4.74 Å². The topological polar surface area (TPSA) is 70.3 Å². The van der Waals surface area contributed by atoms with Gasteiger partial charge in [0.05, 0.1) is 24.3 Å². The Labute approximate surface area is 111 Å². The Morgan fingerprint density at radius 2 is 1.89 bits per heavy atom. The SMILES string of the molecule is CC(=O)c1cn(CCOC(C)(C)C)c(=O)n(C)c1=O. The van der Waals surface area contributed by atoms with Crippen LogP contribution >= 0.6 is 0 Å². The molecule has 0 spiro atoms. The maximum Gasteiger partial charge on any atom is 0.330 e. The Balaban J connectivity index is 3.06. The first-order chi connectivity index (χ1) is 8.63. The molecule has 19 heavy (non-hydrogen) atoms. The summed E-state index contributed by atoms with van der Waals surface area (Å²) in [7, 11) is 1.36. The molecule has 0 amide bonds. The maximum absolute atomic E-state index is 11.9. The lowest BCUT2D eigenvalue weighted by molar-refractivity contribution is -0.00737. The van der Waals surface area contributed by atoms with Gasteiger partial charge in [-0.1, -0.05) is 0 Å². The van der Waals surface area contributed by atoms with Crippen LogP contribution in [0.4, 0.5) is 0 Å². The zero-order valence-electron chi connectivity index (χ0n) is 12.0. The molecule has 0 unspecified atom stereocenters. The Morgan fingerprint density at radius 3 is 2.37 bits per heavy atom. The molecule has 0 saturated heterocycles. The molecule has 0 aliphatic carbocycles. The molecule has 0 atom stereocenters. The van der Waals surface area contributed by atoms with Crippen LogP contribution in [0.3, 0.4) is 0 Å². The Bertz CT molecular complexity index is 590. The molecule has 1 rings (SSSR count). The van der Waals surface area contributed by atoms with Crippen LogP contribution in [-0.4, -0.2) is 27.1 Å². The predicted octanol–water partition coefficient (Wildman–Crippen LogP) is 0.565. The maximum atomic E-state index is 11.9. The number of hydrogen-bond donors (Lipinski definition) is 0. The quantitative estimate of drug-likeness (QED) is 0.748. The number of ketones is 1. The normalized spacial score (nSPS) is 11.6. The van der Waals surface area contributed by atoms with E-state index in [1.54, 1.807) is 0 Å². The van der Waals surface area contributed by atoms with Gasteiger partial charge in [-0.2, -0.15) is 0 Å². The van der Waals surface area contributed by atoms with Gasteiger partial charge in [0.2, 0.25) is 0 Å². The summed E-state index contributed by atoms with van der Waals surface area (Å²) in [4.78, 5) is 34.9. The molecule has 1 heterocycles. The third kappa shape index (κ3) is 3.89. The van der Waals surface area contributed by atoms with Gasteiger partial charge in [0, 0.05) is 13.2 Å². The molecule has 0 radical (unpaired) electrons. The summed E-state index contributed by atoms with van der Waals surface area (Å²) in [5.74, 6) is -0.355. The summed E-state index contributed by atoms with van der Waals surface area (Å²) < 4.78 is 7.79. The van der Waals surface area contributed by atoms with Crippen LogP contribution in [0.2, 0.25) is 0 Å². The summed E-state index contributed by atoms with van der Waals surface area (Å²) in [6.07, 6.45) is 1.30. The summed E-state index contributed by atoms with van der Waals surface area (Å²) >= 11 is 0. The molecule has 106 valence electrons. The first-order valence-electron chi connectivity index (χ1n) is 6.09. The van der Waals surface area contributed by atoms with Crippen molar-refractivity contribution in [2.75, 3.05) is 6.61 Å². The number of aromatic nitrogens is 2. The number of hydrogen-bond acceptors (Lipinski definition) is 4. The van der Waals surface area contributed by atoms with E-state index in [2.05, 4.69) is 0 Å². The van der Waals surface area contributed by atoms with E-state index >= 15 is 0 Å². The molecule has 0 fully saturated rings. The Kier molecular flexibility index (Phi) is 4.47. The molecule has 6 heteroatoms. The fourth-order valence-corrected chi connectivity index (χ4v) is 1.58.